The molecule has 0 saturated heterocycles. The van der Waals surface area contributed by atoms with Crippen LogP contribution in [0.4, 0.5) is 5.69 Å². The van der Waals surface area contributed by atoms with Crippen LogP contribution in [0.2, 0.25) is 0 Å². The molecule has 2 N–H and O–H groups in total. The molecule has 0 spiro atoms. The van der Waals surface area contributed by atoms with Crippen molar-refractivity contribution in [2.45, 2.75) is 13.8 Å². The van der Waals surface area contributed by atoms with E-state index < -0.39 is 5.97 Å². The van der Waals surface area contributed by atoms with Crippen LogP contribution in [0.15, 0.2) is 42.5 Å². The van der Waals surface area contributed by atoms with Gasteiger partial charge in [-0.15, -0.1) is 0 Å². The summed E-state index contributed by atoms with van der Waals surface area (Å²) in [5.41, 5.74) is 1.85. The molecule has 0 aliphatic rings. The Morgan fingerprint density at radius 3 is 2.59 bits per heavy atom. The molecule has 1 amide bonds. The lowest BCUT2D eigenvalue weighted by atomic mass is 10.1. The van der Waals surface area contributed by atoms with E-state index >= 15 is 0 Å². The molecule has 0 atom stereocenters. The summed E-state index contributed by atoms with van der Waals surface area (Å²) < 4.78 is 5.36. The number of carboxylic acid groups (broad SMARTS) is 1. The summed E-state index contributed by atoms with van der Waals surface area (Å²) in [6.45, 7) is 4.19. The van der Waals surface area contributed by atoms with Crippen molar-refractivity contribution in [3.63, 3.8) is 0 Å². The van der Waals surface area contributed by atoms with Crippen LogP contribution in [0.3, 0.4) is 0 Å². The summed E-state index contributed by atoms with van der Waals surface area (Å²) in [6, 6.07) is 11.4. The number of benzene rings is 2. The second kappa shape index (κ2) is 6.76. The molecule has 0 aliphatic heterocycles. The Morgan fingerprint density at radius 1 is 1.14 bits per heavy atom. The minimum Gasteiger partial charge on any atom is -0.494 e. The molecule has 0 fully saturated rings. The Hall–Kier alpha value is -2.82. The number of carbonyl (C=O) groups excluding carboxylic acids is 1. The van der Waals surface area contributed by atoms with E-state index in [9.17, 15) is 9.59 Å². The number of ether oxygens (including phenoxy) is 1. The van der Waals surface area contributed by atoms with E-state index in [4.69, 9.17) is 9.84 Å². The van der Waals surface area contributed by atoms with Crippen molar-refractivity contribution in [1.29, 1.82) is 0 Å². The highest BCUT2D eigenvalue weighted by atomic mass is 16.5. The molecule has 0 unspecified atom stereocenters. The lowest BCUT2D eigenvalue weighted by Gasteiger charge is -2.10. The first-order valence-electron chi connectivity index (χ1n) is 6.89. The molecule has 0 bridgehead atoms. The highest BCUT2D eigenvalue weighted by Gasteiger charge is 2.11. The monoisotopic (exact) mass is 299 g/mol. The molecule has 0 radical (unpaired) electrons. The quantitative estimate of drug-likeness (QED) is 0.887. The molecule has 0 aliphatic carbocycles. The van der Waals surface area contributed by atoms with Crippen molar-refractivity contribution in [3.8, 4) is 5.75 Å². The summed E-state index contributed by atoms with van der Waals surface area (Å²) in [4.78, 5) is 23.3. The van der Waals surface area contributed by atoms with E-state index in [-0.39, 0.29) is 11.5 Å². The van der Waals surface area contributed by atoms with Gasteiger partial charge in [-0.25, -0.2) is 4.79 Å². The maximum atomic E-state index is 12.3. The van der Waals surface area contributed by atoms with Gasteiger partial charge < -0.3 is 15.2 Å². The number of rotatable bonds is 5. The van der Waals surface area contributed by atoms with Crippen molar-refractivity contribution in [2.75, 3.05) is 11.9 Å². The van der Waals surface area contributed by atoms with E-state index in [0.29, 0.717) is 23.6 Å². The van der Waals surface area contributed by atoms with Gasteiger partial charge in [0.25, 0.3) is 5.91 Å². The van der Waals surface area contributed by atoms with Crippen LogP contribution >= 0.6 is 0 Å². The average Bonchev–Trinajstić information content (AvgIpc) is 2.50. The van der Waals surface area contributed by atoms with Gasteiger partial charge in [0.2, 0.25) is 0 Å². The first kappa shape index (κ1) is 15.6. The molecular weight excluding hydrogens is 282 g/mol. The topological polar surface area (TPSA) is 75.6 Å². The predicted octanol–water partition coefficient (Wildman–Crippen LogP) is 3.34. The third-order valence-electron chi connectivity index (χ3n) is 3.14. The SMILES string of the molecule is CCOc1cccc(C(=O)Nc2cc(C(=O)O)ccc2C)c1. The zero-order valence-corrected chi connectivity index (χ0v) is 12.4. The normalized spacial score (nSPS) is 10.1. The number of carboxylic acids is 1. The van der Waals surface area contributed by atoms with Crippen molar-refractivity contribution in [1.82, 2.24) is 0 Å². The van der Waals surface area contributed by atoms with Crippen LogP contribution in [0, 0.1) is 6.92 Å². The maximum absolute atomic E-state index is 12.3. The average molecular weight is 299 g/mol. The van der Waals surface area contributed by atoms with Gasteiger partial charge in [0.1, 0.15) is 5.75 Å². The van der Waals surface area contributed by atoms with Crippen molar-refractivity contribution in [2.24, 2.45) is 0 Å². The number of hydrogen-bond acceptors (Lipinski definition) is 3. The highest BCUT2D eigenvalue weighted by molar-refractivity contribution is 6.05. The number of anilines is 1. The van der Waals surface area contributed by atoms with Gasteiger partial charge in [-0.3, -0.25) is 4.79 Å². The lowest BCUT2D eigenvalue weighted by Crippen LogP contribution is -2.13. The van der Waals surface area contributed by atoms with Crippen molar-refractivity contribution >= 4 is 17.6 Å². The summed E-state index contributed by atoms with van der Waals surface area (Å²) in [7, 11) is 0. The molecule has 5 nitrogen and oxygen atoms in total. The Bertz CT molecular complexity index is 710. The predicted molar refractivity (Wildman–Crippen MR) is 83.7 cm³/mol. The Balaban J connectivity index is 2.23. The van der Waals surface area contributed by atoms with Gasteiger partial charge in [0, 0.05) is 11.3 Å². The largest absolute Gasteiger partial charge is 0.494 e. The van der Waals surface area contributed by atoms with E-state index in [1.54, 1.807) is 37.3 Å². The van der Waals surface area contributed by atoms with Crippen LogP contribution in [0.1, 0.15) is 33.2 Å². The first-order valence-corrected chi connectivity index (χ1v) is 6.89. The summed E-state index contributed by atoms with van der Waals surface area (Å²) in [6.07, 6.45) is 0. The third kappa shape index (κ3) is 3.63. The molecule has 0 saturated carbocycles. The molecule has 22 heavy (non-hydrogen) atoms. The fourth-order valence-corrected chi connectivity index (χ4v) is 1.98. The molecule has 0 aromatic heterocycles. The van der Waals surface area contributed by atoms with Crippen LogP contribution < -0.4 is 10.1 Å². The highest BCUT2D eigenvalue weighted by Crippen LogP contribution is 2.19. The number of aryl methyl sites for hydroxylation is 1. The number of carbonyl (C=O) groups is 2. The summed E-state index contributed by atoms with van der Waals surface area (Å²) >= 11 is 0. The lowest BCUT2D eigenvalue weighted by molar-refractivity contribution is 0.0696. The summed E-state index contributed by atoms with van der Waals surface area (Å²) in [5, 5.41) is 11.8. The summed E-state index contributed by atoms with van der Waals surface area (Å²) in [5.74, 6) is -0.729. The van der Waals surface area contributed by atoms with E-state index in [2.05, 4.69) is 5.32 Å². The van der Waals surface area contributed by atoms with Gasteiger partial charge in [-0.1, -0.05) is 12.1 Å². The second-order valence-electron chi connectivity index (χ2n) is 4.75. The van der Waals surface area contributed by atoms with Gasteiger partial charge in [0.05, 0.1) is 12.2 Å². The van der Waals surface area contributed by atoms with Crippen LogP contribution in [-0.2, 0) is 0 Å². The van der Waals surface area contributed by atoms with E-state index in [1.807, 2.05) is 6.92 Å². The molecule has 2 aromatic rings. The zero-order chi connectivity index (χ0) is 16.1. The van der Waals surface area contributed by atoms with Crippen LogP contribution in [0.5, 0.6) is 5.75 Å². The Labute approximate surface area is 128 Å². The molecule has 114 valence electrons. The molecular formula is C17H17NO4. The smallest absolute Gasteiger partial charge is 0.335 e. The van der Waals surface area contributed by atoms with Gasteiger partial charge in [-0.2, -0.15) is 0 Å². The number of amides is 1. The maximum Gasteiger partial charge on any atom is 0.335 e. The van der Waals surface area contributed by atoms with Gasteiger partial charge in [-0.05, 0) is 49.7 Å². The van der Waals surface area contributed by atoms with E-state index in [0.717, 1.165) is 5.56 Å². The van der Waals surface area contributed by atoms with E-state index in [1.165, 1.54) is 12.1 Å². The fourth-order valence-electron chi connectivity index (χ4n) is 1.98. The molecule has 0 heterocycles. The van der Waals surface area contributed by atoms with Crippen molar-refractivity contribution < 1.29 is 19.4 Å². The molecule has 5 heteroatoms. The van der Waals surface area contributed by atoms with Gasteiger partial charge in [0.15, 0.2) is 0 Å². The number of nitrogens with one attached hydrogen (secondary N) is 1. The van der Waals surface area contributed by atoms with Crippen molar-refractivity contribution in [3.05, 3.63) is 59.2 Å². The fraction of sp³-hybridized carbons (Fsp3) is 0.176. The third-order valence-corrected chi connectivity index (χ3v) is 3.14. The first-order chi connectivity index (χ1) is 10.5. The number of aromatic carboxylic acids is 1. The minimum absolute atomic E-state index is 0.129. The Kier molecular flexibility index (Phi) is 4.78. The van der Waals surface area contributed by atoms with Gasteiger partial charge >= 0.3 is 5.97 Å². The second-order valence-corrected chi connectivity index (χ2v) is 4.75. The Morgan fingerprint density at radius 2 is 1.91 bits per heavy atom. The zero-order valence-electron chi connectivity index (χ0n) is 12.4. The molecule has 2 aromatic carbocycles. The number of hydrogen-bond donors (Lipinski definition) is 2. The molecule has 2 rings (SSSR count). The standard InChI is InChI=1S/C17H17NO4/c1-3-22-14-6-4-5-12(9-14)16(19)18-15-10-13(17(20)21)8-7-11(15)2/h4-10H,3H2,1-2H3,(H,18,19)(H,20,21). The van der Waals surface area contributed by atoms with Crippen LogP contribution in [0.25, 0.3) is 0 Å². The minimum atomic E-state index is -1.03. The van der Waals surface area contributed by atoms with Crippen LogP contribution in [-0.4, -0.2) is 23.6 Å².